The molecule has 1 amide bonds. The second-order valence-electron chi connectivity index (χ2n) is 7.53. The van der Waals surface area contributed by atoms with Crippen LogP contribution in [0.4, 0.5) is 13.2 Å². The molecule has 1 saturated heterocycles. The monoisotopic (exact) mass is 492 g/mol. The predicted octanol–water partition coefficient (Wildman–Crippen LogP) is -1.05. The number of aromatic nitrogens is 1. The maximum absolute atomic E-state index is 13.6. The van der Waals surface area contributed by atoms with E-state index in [2.05, 4.69) is 5.32 Å². The van der Waals surface area contributed by atoms with Crippen LogP contribution in [0.2, 0.25) is 0 Å². The summed E-state index contributed by atoms with van der Waals surface area (Å²) in [6.07, 6.45) is -11.4. The van der Waals surface area contributed by atoms with Gasteiger partial charge in [0.1, 0.15) is 30.9 Å². The van der Waals surface area contributed by atoms with Gasteiger partial charge in [0.05, 0.1) is 31.9 Å². The molecule has 0 aliphatic carbocycles. The van der Waals surface area contributed by atoms with E-state index in [1.54, 1.807) is 0 Å². The first kappa shape index (κ1) is 25.7. The lowest BCUT2D eigenvalue weighted by atomic mass is 9.97. The molecule has 34 heavy (non-hydrogen) atoms. The Hall–Kier alpha value is -2.91. The second kappa shape index (κ2) is 9.76. The topological polar surface area (TPSA) is 160 Å². The third kappa shape index (κ3) is 4.81. The number of nitrogens with zero attached hydrogens (tertiary/aromatic N) is 1. The van der Waals surface area contributed by atoms with E-state index >= 15 is 0 Å². The standard InChI is InChI=1S/C20H23F3N2O9/c1-32-11-3-8-9(20(21,22)23)4-15(28)25(10(8)5-12(11)33-2)6-14(27)24-16-18(30)17(29)13(7-26)34-19(16)31/h3-5,13,16-19,26,29-31H,6-7H2,1-2H3,(H,24,27)/t13-,16-,17-,18-,19?/m1/s1. The first-order valence-corrected chi connectivity index (χ1v) is 9.89. The van der Waals surface area contributed by atoms with Crippen LogP contribution in [-0.4, -0.2) is 82.4 Å². The molecule has 14 heteroatoms. The van der Waals surface area contributed by atoms with E-state index in [4.69, 9.17) is 19.3 Å². The first-order chi connectivity index (χ1) is 15.9. The van der Waals surface area contributed by atoms with Crippen LogP contribution in [0.25, 0.3) is 10.9 Å². The number of carbonyl (C=O) groups excluding carboxylic acids is 1. The van der Waals surface area contributed by atoms with Crippen LogP contribution < -0.4 is 20.3 Å². The number of methoxy groups -OCH3 is 2. The number of hydrogen-bond acceptors (Lipinski definition) is 9. The van der Waals surface area contributed by atoms with Crippen molar-refractivity contribution in [2.75, 3.05) is 20.8 Å². The number of aliphatic hydroxyl groups excluding tert-OH is 4. The number of benzene rings is 1. The van der Waals surface area contributed by atoms with Crippen LogP contribution in [-0.2, 0) is 22.3 Å². The van der Waals surface area contributed by atoms with E-state index in [0.717, 1.165) is 16.7 Å². The normalized spacial score (nSPS) is 25.3. The van der Waals surface area contributed by atoms with E-state index in [-0.39, 0.29) is 17.0 Å². The number of halogens is 3. The smallest absolute Gasteiger partial charge is 0.417 e. The van der Waals surface area contributed by atoms with E-state index in [1.807, 2.05) is 0 Å². The molecule has 0 saturated carbocycles. The number of aliphatic hydroxyl groups is 4. The summed E-state index contributed by atoms with van der Waals surface area (Å²) in [5.74, 6) is -1.01. The summed E-state index contributed by atoms with van der Waals surface area (Å²) >= 11 is 0. The highest BCUT2D eigenvalue weighted by molar-refractivity contribution is 5.88. The van der Waals surface area contributed by atoms with Gasteiger partial charge in [-0.15, -0.1) is 0 Å². The number of fused-ring (bicyclic) bond motifs is 1. The van der Waals surface area contributed by atoms with Crippen LogP contribution in [0.15, 0.2) is 23.0 Å². The van der Waals surface area contributed by atoms with Crippen molar-refractivity contribution in [2.24, 2.45) is 0 Å². The Bertz CT molecular complexity index is 1120. The third-order valence-corrected chi connectivity index (χ3v) is 5.45. The molecule has 188 valence electrons. The lowest BCUT2D eigenvalue weighted by molar-refractivity contribution is -0.253. The Balaban J connectivity index is 2.00. The molecule has 1 aliphatic heterocycles. The quantitative estimate of drug-likeness (QED) is 0.339. The van der Waals surface area contributed by atoms with Crippen molar-refractivity contribution in [1.82, 2.24) is 9.88 Å². The van der Waals surface area contributed by atoms with Crippen molar-refractivity contribution in [3.63, 3.8) is 0 Å². The molecule has 11 nitrogen and oxygen atoms in total. The number of amides is 1. The molecule has 5 N–H and O–H groups in total. The zero-order valence-corrected chi connectivity index (χ0v) is 17.9. The van der Waals surface area contributed by atoms with Crippen molar-refractivity contribution >= 4 is 16.8 Å². The highest BCUT2D eigenvalue weighted by Crippen LogP contribution is 2.38. The fourth-order valence-electron chi connectivity index (χ4n) is 3.73. The summed E-state index contributed by atoms with van der Waals surface area (Å²) in [5, 5.41) is 41.0. The average molecular weight is 492 g/mol. The van der Waals surface area contributed by atoms with Gasteiger partial charge in [-0.25, -0.2) is 0 Å². The van der Waals surface area contributed by atoms with Crippen molar-refractivity contribution in [2.45, 2.75) is 43.4 Å². The summed E-state index contributed by atoms with van der Waals surface area (Å²) in [5.41, 5.74) is -2.67. The molecular weight excluding hydrogens is 469 g/mol. The van der Waals surface area contributed by atoms with Gasteiger partial charge in [-0.1, -0.05) is 0 Å². The first-order valence-electron chi connectivity index (χ1n) is 9.89. The van der Waals surface area contributed by atoms with Gasteiger partial charge in [0.15, 0.2) is 17.8 Å². The molecule has 1 fully saturated rings. The Morgan fingerprint density at radius 2 is 1.74 bits per heavy atom. The highest BCUT2D eigenvalue weighted by Gasteiger charge is 2.44. The van der Waals surface area contributed by atoms with Crippen LogP contribution in [0, 0.1) is 0 Å². The molecule has 0 spiro atoms. The van der Waals surface area contributed by atoms with Gasteiger partial charge >= 0.3 is 6.18 Å². The number of ether oxygens (including phenoxy) is 3. The number of nitrogens with one attached hydrogen (secondary N) is 1. The highest BCUT2D eigenvalue weighted by atomic mass is 19.4. The largest absolute Gasteiger partial charge is 0.493 e. The molecule has 5 atom stereocenters. The number of carbonyl (C=O) groups is 1. The predicted molar refractivity (Wildman–Crippen MR) is 108 cm³/mol. The van der Waals surface area contributed by atoms with Crippen molar-refractivity contribution in [1.29, 1.82) is 0 Å². The van der Waals surface area contributed by atoms with Gasteiger partial charge in [0, 0.05) is 17.5 Å². The lowest BCUT2D eigenvalue weighted by Crippen LogP contribution is -2.64. The minimum Gasteiger partial charge on any atom is -0.493 e. The molecule has 0 radical (unpaired) electrons. The lowest BCUT2D eigenvalue weighted by Gasteiger charge is -2.40. The summed E-state index contributed by atoms with van der Waals surface area (Å²) < 4.78 is 56.6. The van der Waals surface area contributed by atoms with Gasteiger partial charge in [0.2, 0.25) is 5.91 Å². The Kier molecular flexibility index (Phi) is 7.38. The number of hydrogen-bond donors (Lipinski definition) is 5. The van der Waals surface area contributed by atoms with Gasteiger partial charge in [-0.05, 0) is 6.07 Å². The van der Waals surface area contributed by atoms with E-state index < -0.39 is 72.4 Å². The van der Waals surface area contributed by atoms with Gasteiger partial charge in [-0.2, -0.15) is 13.2 Å². The van der Waals surface area contributed by atoms with Crippen molar-refractivity contribution in [3.05, 3.63) is 34.1 Å². The second-order valence-corrected chi connectivity index (χ2v) is 7.53. The molecule has 2 aromatic rings. The fraction of sp³-hybridized carbons (Fsp3) is 0.500. The minimum atomic E-state index is -4.88. The summed E-state index contributed by atoms with van der Waals surface area (Å²) in [7, 11) is 2.46. The van der Waals surface area contributed by atoms with Crippen LogP contribution in [0.3, 0.4) is 0 Å². The SMILES string of the molecule is COc1cc2c(C(F)(F)F)cc(=O)n(CC(=O)N[C@H]3C(O)O[C@H](CO)[C@@H](O)[C@@H]3O)c2cc1OC. The zero-order chi connectivity index (χ0) is 25.4. The minimum absolute atomic E-state index is 0.00701. The van der Waals surface area contributed by atoms with Crippen LogP contribution >= 0.6 is 0 Å². The number of rotatable bonds is 6. The van der Waals surface area contributed by atoms with Gasteiger partial charge < -0.3 is 40.0 Å². The third-order valence-electron chi connectivity index (χ3n) is 5.45. The fourth-order valence-corrected chi connectivity index (χ4v) is 3.73. The van der Waals surface area contributed by atoms with E-state index in [1.165, 1.54) is 14.2 Å². The molecule has 1 aromatic heterocycles. The summed E-state index contributed by atoms with van der Waals surface area (Å²) in [6, 6.07) is 0.931. The Morgan fingerprint density at radius 3 is 2.29 bits per heavy atom. The maximum atomic E-state index is 13.6. The Labute approximate surface area is 189 Å². The van der Waals surface area contributed by atoms with Crippen LogP contribution in [0.1, 0.15) is 5.56 Å². The Morgan fingerprint density at radius 1 is 1.12 bits per heavy atom. The summed E-state index contributed by atoms with van der Waals surface area (Å²) in [6.45, 7) is -1.52. The molecule has 3 rings (SSSR count). The number of alkyl halides is 3. The van der Waals surface area contributed by atoms with Crippen molar-refractivity contribution < 1.29 is 52.6 Å². The van der Waals surface area contributed by atoms with Crippen molar-refractivity contribution in [3.8, 4) is 11.5 Å². The number of pyridine rings is 1. The average Bonchev–Trinajstić information content (AvgIpc) is 2.79. The van der Waals surface area contributed by atoms with Crippen LogP contribution in [0.5, 0.6) is 11.5 Å². The van der Waals surface area contributed by atoms with E-state index in [0.29, 0.717) is 6.07 Å². The van der Waals surface area contributed by atoms with E-state index in [9.17, 15) is 38.1 Å². The molecular formula is C20H23F3N2O9. The molecule has 1 aliphatic rings. The molecule has 1 aromatic carbocycles. The maximum Gasteiger partial charge on any atom is 0.417 e. The summed E-state index contributed by atoms with van der Waals surface area (Å²) in [4.78, 5) is 25.2. The molecule has 2 heterocycles. The zero-order valence-electron chi connectivity index (χ0n) is 17.9. The molecule has 0 bridgehead atoms. The van der Waals surface area contributed by atoms with Gasteiger partial charge in [0.25, 0.3) is 5.56 Å². The molecule has 1 unspecified atom stereocenters. The van der Waals surface area contributed by atoms with Gasteiger partial charge in [-0.3, -0.25) is 14.2 Å².